The van der Waals surface area contributed by atoms with Gasteiger partial charge in [0.1, 0.15) is 28.6 Å². The molecule has 54 heavy (non-hydrogen) atoms. The number of ether oxygens (including phenoxy) is 1. The monoisotopic (exact) mass is 751 g/mol. The second kappa shape index (κ2) is 12.7. The Morgan fingerprint density at radius 3 is 2.30 bits per heavy atom. The highest BCUT2D eigenvalue weighted by atomic mass is 35.5. The van der Waals surface area contributed by atoms with Gasteiger partial charge in [-0.1, -0.05) is 41.4 Å². The molecule has 0 unspecified atom stereocenters. The minimum atomic E-state index is -1.75. The van der Waals surface area contributed by atoms with Gasteiger partial charge in [-0.2, -0.15) is 5.01 Å². The smallest absolute Gasteiger partial charge is 0.339 e. The zero-order valence-electron chi connectivity index (χ0n) is 28.4. The highest BCUT2D eigenvalue weighted by Crippen LogP contribution is 2.66. The molecule has 2 aliphatic heterocycles. The van der Waals surface area contributed by atoms with Crippen LogP contribution in [0.1, 0.15) is 40.2 Å². The fourth-order valence-electron chi connectivity index (χ4n) is 9.06. The van der Waals surface area contributed by atoms with Crippen LogP contribution in [0.5, 0.6) is 17.2 Å². The summed E-state index contributed by atoms with van der Waals surface area (Å²) in [7, 11) is 1.41. The number of anilines is 2. The minimum Gasteiger partial charge on any atom is -0.508 e. The molecule has 14 heteroatoms. The summed E-state index contributed by atoms with van der Waals surface area (Å²) < 4.78 is 19.7. The first-order chi connectivity index (χ1) is 25.9. The molecule has 274 valence electrons. The normalized spacial score (nSPS) is 25.9. The summed E-state index contributed by atoms with van der Waals surface area (Å²) in [5.74, 6) is -10.1. The minimum absolute atomic E-state index is 0.0181. The Labute approximate surface area is 312 Å². The predicted octanol–water partition coefficient (Wildman–Crippen LogP) is 5.79. The molecule has 0 spiro atoms. The van der Waals surface area contributed by atoms with Gasteiger partial charge in [0.25, 0.3) is 11.8 Å². The predicted molar refractivity (Wildman–Crippen MR) is 191 cm³/mol. The summed E-state index contributed by atoms with van der Waals surface area (Å²) in [6.45, 7) is 0. The molecule has 6 atom stereocenters. The van der Waals surface area contributed by atoms with Crippen LogP contribution in [0.2, 0.25) is 5.02 Å². The molecule has 4 aromatic rings. The number of carbonyl (C=O) groups is 5. The van der Waals surface area contributed by atoms with Gasteiger partial charge in [0, 0.05) is 22.6 Å². The first-order valence-corrected chi connectivity index (χ1v) is 17.4. The van der Waals surface area contributed by atoms with Gasteiger partial charge in [-0.05, 0) is 85.0 Å². The number of allylic oxidation sites excluding steroid dienone is 2. The van der Waals surface area contributed by atoms with Crippen LogP contribution in [-0.2, 0) is 24.6 Å². The van der Waals surface area contributed by atoms with Crippen molar-refractivity contribution in [1.29, 1.82) is 0 Å². The molecule has 4 aromatic carbocycles. The van der Waals surface area contributed by atoms with Crippen molar-refractivity contribution in [3.8, 4) is 17.2 Å². The van der Waals surface area contributed by atoms with E-state index in [1.54, 1.807) is 42.5 Å². The van der Waals surface area contributed by atoms with Crippen LogP contribution in [-0.4, -0.2) is 57.0 Å². The number of aromatic carboxylic acids is 1. The molecule has 2 aliphatic carbocycles. The second-order valence-electron chi connectivity index (χ2n) is 13.8. The van der Waals surface area contributed by atoms with Crippen molar-refractivity contribution in [3.05, 3.63) is 124 Å². The molecule has 12 nitrogen and oxygen atoms in total. The zero-order chi connectivity index (χ0) is 38.2. The Morgan fingerprint density at radius 1 is 0.907 bits per heavy atom. The number of imide groups is 2. The average Bonchev–Trinajstić information content (AvgIpc) is 3.53. The van der Waals surface area contributed by atoms with Crippen molar-refractivity contribution >= 4 is 52.6 Å². The largest absolute Gasteiger partial charge is 0.508 e. The summed E-state index contributed by atoms with van der Waals surface area (Å²) in [5.41, 5.74) is 2.08. The second-order valence-corrected chi connectivity index (χ2v) is 14.2. The number of amides is 4. The molecule has 0 aromatic heterocycles. The van der Waals surface area contributed by atoms with E-state index in [2.05, 4.69) is 5.43 Å². The molecule has 3 fully saturated rings. The number of fused-ring (bicyclic) bond motifs is 4. The summed E-state index contributed by atoms with van der Waals surface area (Å²) in [6, 6.07) is 19.6. The number of carbonyl (C=O) groups excluding carboxylic acids is 4. The van der Waals surface area contributed by atoms with Gasteiger partial charge < -0.3 is 20.1 Å². The highest BCUT2D eigenvalue weighted by Gasteiger charge is 2.71. The Balaban J connectivity index is 1.33. The first kappa shape index (κ1) is 34.9. The maximum absolute atomic E-state index is 15.3. The summed E-state index contributed by atoms with van der Waals surface area (Å²) in [4.78, 5) is 71.1. The van der Waals surface area contributed by atoms with E-state index in [0.29, 0.717) is 16.2 Å². The van der Waals surface area contributed by atoms with E-state index in [1.807, 2.05) is 0 Å². The van der Waals surface area contributed by atoms with E-state index in [9.17, 15) is 38.9 Å². The lowest BCUT2D eigenvalue weighted by Crippen LogP contribution is -2.53. The quantitative estimate of drug-likeness (QED) is 0.134. The van der Waals surface area contributed by atoms with Crippen LogP contribution in [0.25, 0.3) is 0 Å². The number of halogens is 2. The van der Waals surface area contributed by atoms with Crippen molar-refractivity contribution in [2.75, 3.05) is 17.4 Å². The molecule has 4 N–H and O–H groups in total. The van der Waals surface area contributed by atoms with Gasteiger partial charge >= 0.3 is 5.97 Å². The van der Waals surface area contributed by atoms with Crippen molar-refractivity contribution < 1.29 is 48.4 Å². The van der Waals surface area contributed by atoms with Gasteiger partial charge in [-0.15, -0.1) is 0 Å². The Kier molecular flexibility index (Phi) is 8.22. The number of nitrogens with zero attached hydrogens (tertiary/aromatic N) is 2. The summed E-state index contributed by atoms with van der Waals surface area (Å²) in [5, 5.41) is 32.8. The molecular formula is C40H31ClFN3O9. The van der Waals surface area contributed by atoms with Crippen molar-refractivity contribution in [2.24, 2.45) is 23.7 Å². The van der Waals surface area contributed by atoms with Crippen LogP contribution in [0.3, 0.4) is 0 Å². The van der Waals surface area contributed by atoms with Gasteiger partial charge in [0.15, 0.2) is 0 Å². The lowest BCUT2D eigenvalue weighted by molar-refractivity contribution is -0.138. The van der Waals surface area contributed by atoms with Gasteiger partial charge in [-0.3, -0.25) is 24.6 Å². The van der Waals surface area contributed by atoms with Gasteiger partial charge in [-0.25, -0.2) is 14.1 Å². The van der Waals surface area contributed by atoms with Crippen LogP contribution in [0.15, 0.2) is 96.6 Å². The SMILES string of the molecule is COc1cccc(O)c1[C@H]1C2=CC[C@@H]3C(=O)N(c4ccc(C(=O)O)c(O)c4)C(=O)[C@@H]3[C@@H]2C[C@H]2C(=O)N(Nc3ccc(F)cc3)C(=O)[C@@]12c1ccc(Cl)cc1. The maximum Gasteiger partial charge on any atom is 0.339 e. The standard InChI is InChI=1S/C40H31ClFN3O9/c1-54-31-4-2-3-29(46)33(31)34-24-15-16-26-32(37(50)44(35(26)48)23-13-14-25(38(51)52)30(47)17-23)27(24)18-28-36(49)45(43-22-11-9-21(42)10-12-22)39(53)40(28,34)19-5-7-20(41)8-6-19/h2-15,17,26-28,32,34,43,46-47H,16,18H2,1H3,(H,51,52)/t26-,27+,28-,32-,34+,40+/m0/s1. The molecule has 2 heterocycles. The fraction of sp³-hybridized carbons (Fsp3) is 0.225. The van der Waals surface area contributed by atoms with Crippen molar-refractivity contribution in [3.63, 3.8) is 0 Å². The Morgan fingerprint density at radius 2 is 1.63 bits per heavy atom. The van der Waals surface area contributed by atoms with Gasteiger partial charge in [0.2, 0.25) is 11.8 Å². The number of methoxy groups -OCH3 is 1. The van der Waals surface area contributed by atoms with E-state index < -0.39 is 81.7 Å². The molecular weight excluding hydrogens is 721 g/mol. The summed E-state index contributed by atoms with van der Waals surface area (Å²) in [6.07, 6.45) is 1.79. The number of aromatic hydroxyl groups is 2. The van der Waals surface area contributed by atoms with Crippen LogP contribution in [0.4, 0.5) is 15.8 Å². The molecule has 0 bridgehead atoms. The third kappa shape index (κ3) is 4.98. The molecule has 8 rings (SSSR count). The number of carboxylic acid groups (broad SMARTS) is 1. The highest BCUT2D eigenvalue weighted by molar-refractivity contribution is 6.30. The van der Waals surface area contributed by atoms with E-state index in [4.69, 9.17) is 16.3 Å². The summed E-state index contributed by atoms with van der Waals surface area (Å²) >= 11 is 6.34. The number of phenolic OH excluding ortho intramolecular Hbond substituents is 1. The molecule has 1 saturated carbocycles. The average molecular weight is 752 g/mol. The number of benzene rings is 4. The third-order valence-corrected chi connectivity index (χ3v) is 11.5. The fourth-order valence-corrected chi connectivity index (χ4v) is 9.19. The number of nitrogens with one attached hydrogen (secondary N) is 1. The molecule has 0 radical (unpaired) electrons. The Hall–Kier alpha value is -6.21. The van der Waals surface area contributed by atoms with E-state index in [1.165, 1.54) is 43.5 Å². The first-order valence-electron chi connectivity index (χ1n) is 17.0. The number of rotatable bonds is 7. The lowest BCUT2D eigenvalue weighted by Gasteiger charge is -2.50. The van der Waals surface area contributed by atoms with Crippen LogP contribution in [0, 0.1) is 29.5 Å². The van der Waals surface area contributed by atoms with E-state index >= 15 is 4.79 Å². The maximum atomic E-state index is 15.3. The number of phenols is 2. The molecule has 2 saturated heterocycles. The van der Waals surface area contributed by atoms with E-state index in [-0.39, 0.29) is 41.3 Å². The van der Waals surface area contributed by atoms with Crippen LogP contribution < -0.4 is 15.1 Å². The number of hydrazine groups is 1. The van der Waals surface area contributed by atoms with Crippen molar-refractivity contribution in [1.82, 2.24) is 5.01 Å². The van der Waals surface area contributed by atoms with Crippen LogP contribution >= 0.6 is 11.6 Å². The lowest BCUT2D eigenvalue weighted by atomic mass is 9.49. The third-order valence-electron chi connectivity index (χ3n) is 11.3. The van der Waals surface area contributed by atoms with Crippen molar-refractivity contribution in [2.45, 2.75) is 24.2 Å². The Bertz CT molecular complexity index is 2310. The van der Waals surface area contributed by atoms with Gasteiger partial charge in [0.05, 0.1) is 41.7 Å². The van der Waals surface area contributed by atoms with E-state index in [0.717, 1.165) is 22.0 Å². The number of hydrogen-bond donors (Lipinski definition) is 4. The zero-order valence-corrected chi connectivity index (χ0v) is 29.2. The molecule has 4 aliphatic rings. The number of hydrogen-bond acceptors (Lipinski definition) is 9. The topological polar surface area (TPSA) is 174 Å². The molecule has 4 amide bonds. The number of carboxylic acids is 1.